The fourth-order valence-electron chi connectivity index (χ4n) is 3.06. The lowest BCUT2D eigenvalue weighted by atomic mass is 9.93. The van der Waals surface area contributed by atoms with Gasteiger partial charge in [-0.3, -0.25) is 0 Å². The van der Waals surface area contributed by atoms with Crippen LogP contribution in [0.5, 0.6) is 0 Å². The first-order chi connectivity index (χ1) is 7.74. The zero-order chi connectivity index (χ0) is 11.1. The van der Waals surface area contributed by atoms with Gasteiger partial charge in [0, 0.05) is 31.0 Å². The van der Waals surface area contributed by atoms with Crippen LogP contribution < -0.4 is 10.6 Å². The van der Waals surface area contributed by atoms with E-state index in [1.54, 1.807) is 6.20 Å². The molecule has 2 fully saturated rings. The zero-order valence-corrected chi connectivity index (χ0v) is 9.90. The predicted molar refractivity (Wildman–Crippen MR) is 65.6 cm³/mol. The predicted octanol–water partition coefficient (Wildman–Crippen LogP) is 1.91. The number of anilines is 1. The molecular weight excluding hydrogens is 222 g/mol. The van der Waals surface area contributed by atoms with Gasteiger partial charge in [0.15, 0.2) is 0 Å². The van der Waals surface area contributed by atoms with Crippen molar-refractivity contribution in [2.45, 2.75) is 18.9 Å². The molecule has 1 aromatic rings. The topological polar surface area (TPSA) is 42.1 Å². The summed E-state index contributed by atoms with van der Waals surface area (Å²) in [5, 5.41) is 0.569. The van der Waals surface area contributed by atoms with E-state index in [1.165, 1.54) is 18.5 Å². The van der Waals surface area contributed by atoms with E-state index in [0.717, 1.165) is 13.1 Å². The Morgan fingerprint density at radius 2 is 2.00 bits per heavy atom. The molecular formula is C12H16ClN3. The minimum Gasteiger partial charge on any atom is -0.371 e. The van der Waals surface area contributed by atoms with Gasteiger partial charge >= 0.3 is 0 Å². The van der Waals surface area contributed by atoms with Gasteiger partial charge in [0.25, 0.3) is 0 Å². The molecule has 2 aliphatic rings. The molecule has 3 atom stereocenters. The van der Waals surface area contributed by atoms with Crippen LogP contribution in [0.15, 0.2) is 18.3 Å². The first-order valence-corrected chi connectivity index (χ1v) is 6.24. The van der Waals surface area contributed by atoms with Crippen molar-refractivity contribution in [2.24, 2.45) is 17.6 Å². The summed E-state index contributed by atoms with van der Waals surface area (Å²) in [6.07, 6.45) is 4.33. The number of halogens is 1. The molecule has 1 aliphatic carbocycles. The van der Waals surface area contributed by atoms with E-state index < -0.39 is 0 Å². The van der Waals surface area contributed by atoms with E-state index in [0.29, 0.717) is 23.0 Å². The van der Waals surface area contributed by atoms with Crippen molar-refractivity contribution in [2.75, 3.05) is 18.0 Å². The minimum atomic E-state index is 0.411. The third-order valence-corrected chi connectivity index (χ3v) is 4.19. The quantitative estimate of drug-likeness (QED) is 0.759. The van der Waals surface area contributed by atoms with E-state index in [2.05, 4.69) is 9.88 Å². The standard InChI is InChI=1S/C12H16ClN3/c13-11-5-10(3-4-15-11)16-6-8-1-2-9(7-16)12(8)14/h3-5,8-9,12H,1-2,6-7,14H2/t8-,9?,12?/m0/s1. The smallest absolute Gasteiger partial charge is 0.131 e. The second-order valence-electron chi connectivity index (χ2n) is 4.92. The van der Waals surface area contributed by atoms with Gasteiger partial charge < -0.3 is 10.6 Å². The monoisotopic (exact) mass is 237 g/mol. The van der Waals surface area contributed by atoms with Crippen LogP contribution in [-0.2, 0) is 0 Å². The van der Waals surface area contributed by atoms with Gasteiger partial charge in [0.2, 0.25) is 0 Å². The molecule has 0 spiro atoms. The number of fused-ring (bicyclic) bond motifs is 2. The lowest BCUT2D eigenvalue weighted by molar-refractivity contribution is 0.356. The highest BCUT2D eigenvalue weighted by Gasteiger charge is 2.39. The number of hydrogen-bond donors (Lipinski definition) is 1. The number of aromatic nitrogens is 1. The van der Waals surface area contributed by atoms with E-state index in [-0.39, 0.29) is 0 Å². The second-order valence-corrected chi connectivity index (χ2v) is 5.30. The molecule has 1 aliphatic heterocycles. The highest BCUT2D eigenvalue weighted by atomic mass is 35.5. The Labute approximate surface area is 101 Å². The van der Waals surface area contributed by atoms with Gasteiger partial charge in [-0.2, -0.15) is 0 Å². The Morgan fingerprint density at radius 3 is 2.62 bits per heavy atom. The van der Waals surface area contributed by atoms with Gasteiger partial charge in [-0.05, 0) is 36.8 Å². The Balaban J connectivity index is 1.83. The minimum absolute atomic E-state index is 0.411. The van der Waals surface area contributed by atoms with Crippen LogP contribution >= 0.6 is 11.6 Å². The van der Waals surface area contributed by atoms with Crippen LogP contribution in [0.2, 0.25) is 5.15 Å². The summed E-state index contributed by atoms with van der Waals surface area (Å²) in [5.74, 6) is 1.32. The molecule has 1 saturated heterocycles. The second kappa shape index (κ2) is 3.90. The molecule has 86 valence electrons. The summed E-state index contributed by atoms with van der Waals surface area (Å²) in [6, 6.07) is 4.38. The number of hydrogen-bond acceptors (Lipinski definition) is 3. The summed E-state index contributed by atoms with van der Waals surface area (Å²) in [4.78, 5) is 6.42. The van der Waals surface area contributed by atoms with E-state index in [1.807, 2.05) is 12.1 Å². The Hall–Kier alpha value is -0.800. The Kier molecular flexibility index (Phi) is 2.52. The zero-order valence-electron chi connectivity index (χ0n) is 9.14. The van der Waals surface area contributed by atoms with Crippen molar-refractivity contribution in [1.29, 1.82) is 0 Å². The van der Waals surface area contributed by atoms with E-state index in [4.69, 9.17) is 17.3 Å². The number of nitrogens with zero attached hydrogens (tertiary/aromatic N) is 2. The molecule has 0 radical (unpaired) electrons. The summed E-state index contributed by atoms with van der Waals surface area (Å²) in [5.41, 5.74) is 7.37. The average Bonchev–Trinajstić information content (AvgIpc) is 2.53. The van der Waals surface area contributed by atoms with Gasteiger partial charge in [-0.15, -0.1) is 0 Å². The first kappa shape index (κ1) is 10.4. The van der Waals surface area contributed by atoms with Gasteiger partial charge in [0.1, 0.15) is 5.15 Å². The van der Waals surface area contributed by atoms with Crippen LogP contribution in [0.1, 0.15) is 12.8 Å². The maximum atomic E-state index is 6.19. The van der Waals surface area contributed by atoms with Crippen molar-refractivity contribution in [3.05, 3.63) is 23.5 Å². The molecule has 2 bridgehead atoms. The Morgan fingerprint density at radius 1 is 1.31 bits per heavy atom. The molecule has 2 unspecified atom stereocenters. The molecule has 2 N–H and O–H groups in total. The van der Waals surface area contributed by atoms with Gasteiger partial charge in [-0.25, -0.2) is 4.98 Å². The summed E-state index contributed by atoms with van der Waals surface area (Å²) < 4.78 is 0. The lowest BCUT2D eigenvalue weighted by Crippen LogP contribution is -2.48. The van der Waals surface area contributed by atoms with Gasteiger partial charge in [0.05, 0.1) is 0 Å². The van der Waals surface area contributed by atoms with Gasteiger partial charge in [-0.1, -0.05) is 11.6 Å². The number of piperidine rings is 1. The summed E-state index contributed by atoms with van der Waals surface area (Å²) in [7, 11) is 0. The SMILES string of the molecule is NC1C2CC[C@H]1CN(c1ccnc(Cl)c1)C2. The normalized spacial score (nSPS) is 33.1. The maximum absolute atomic E-state index is 6.19. The first-order valence-electron chi connectivity index (χ1n) is 5.86. The Bertz CT molecular complexity index is 382. The summed E-state index contributed by atoms with van der Waals surface area (Å²) in [6.45, 7) is 2.13. The maximum Gasteiger partial charge on any atom is 0.131 e. The number of nitrogens with two attached hydrogens (primary N) is 1. The molecule has 3 nitrogen and oxygen atoms in total. The number of pyridine rings is 1. The summed E-state index contributed by atoms with van der Waals surface area (Å²) >= 11 is 5.92. The number of rotatable bonds is 1. The van der Waals surface area contributed by atoms with Crippen LogP contribution in [0, 0.1) is 11.8 Å². The highest BCUT2D eigenvalue weighted by molar-refractivity contribution is 6.29. The largest absolute Gasteiger partial charge is 0.371 e. The highest BCUT2D eigenvalue weighted by Crippen LogP contribution is 2.37. The molecule has 1 saturated carbocycles. The fourth-order valence-corrected chi connectivity index (χ4v) is 3.23. The third-order valence-electron chi connectivity index (χ3n) is 3.98. The average molecular weight is 238 g/mol. The van der Waals surface area contributed by atoms with Crippen LogP contribution in [0.25, 0.3) is 0 Å². The van der Waals surface area contributed by atoms with Crippen LogP contribution in [0.3, 0.4) is 0 Å². The van der Waals surface area contributed by atoms with Crippen LogP contribution in [-0.4, -0.2) is 24.1 Å². The third kappa shape index (κ3) is 1.68. The van der Waals surface area contributed by atoms with E-state index >= 15 is 0 Å². The van der Waals surface area contributed by atoms with Crippen molar-refractivity contribution < 1.29 is 0 Å². The molecule has 16 heavy (non-hydrogen) atoms. The lowest BCUT2D eigenvalue weighted by Gasteiger charge is -2.37. The van der Waals surface area contributed by atoms with Crippen molar-refractivity contribution in [3.8, 4) is 0 Å². The van der Waals surface area contributed by atoms with Crippen molar-refractivity contribution in [1.82, 2.24) is 4.98 Å². The molecule has 1 aromatic heterocycles. The van der Waals surface area contributed by atoms with Crippen LogP contribution in [0.4, 0.5) is 5.69 Å². The molecule has 3 rings (SSSR count). The molecule has 4 heteroatoms. The van der Waals surface area contributed by atoms with Crippen molar-refractivity contribution >= 4 is 17.3 Å². The molecule has 2 heterocycles. The fraction of sp³-hybridized carbons (Fsp3) is 0.583. The molecule has 0 aromatic carbocycles. The molecule has 0 amide bonds. The van der Waals surface area contributed by atoms with Crippen molar-refractivity contribution in [3.63, 3.8) is 0 Å². The van der Waals surface area contributed by atoms with E-state index in [9.17, 15) is 0 Å².